The van der Waals surface area contributed by atoms with Gasteiger partial charge in [0.05, 0.1) is 17.7 Å². The molecule has 0 unspecified atom stereocenters. The van der Waals surface area contributed by atoms with Crippen molar-refractivity contribution in [2.45, 2.75) is 13.5 Å². The fraction of sp³-hybridized carbons (Fsp3) is 0.167. The number of nitro benzene ring substituents is 1. The lowest BCUT2D eigenvalue weighted by Crippen LogP contribution is -1.97. The molecule has 1 aromatic heterocycles. The Morgan fingerprint density at radius 1 is 1.20 bits per heavy atom. The van der Waals surface area contributed by atoms with Crippen LogP contribution in [0.3, 0.4) is 0 Å². The highest BCUT2D eigenvalue weighted by Crippen LogP contribution is 2.28. The van der Waals surface area contributed by atoms with Gasteiger partial charge in [-0.05, 0) is 31.2 Å². The molecule has 3 aromatic rings. The molecule has 0 saturated carbocycles. The standard InChI is InChI=1S/C18H16N2O4S/c1-12-8-16(6-7-17(12)20(21)22)24-10-14-11-25-18(19-14)13-4-3-5-15(9-13)23-2/h3-9,11H,10H2,1-2H3. The van der Waals surface area contributed by atoms with Gasteiger partial charge in [-0.2, -0.15) is 0 Å². The monoisotopic (exact) mass is 356 g/mol. The average Bonchev–Trinajstić information content (AvgIpc) is 3.09. The SMILES string of the molecule is COc1cccc(-c2nc(COc3ccc([N+](=O)[O-])c(C)c3)cs2)c1. The van der Waals surface area contributed by atoms with Crippen molar-refractivity contribution in [2.75, 3.05) is 7.11 Å². The first-order valence-corrected chi connectivity index (χ1v) is 8.41. The molecule has 3 rings (SSSR count). The predicted octanol–water partition coefficient (Wildman–Crippen LogP) is 4.61. The van der Waals surface area contributed by atoms with Crippen molar-refractivity contribution in [3.05, 3.63) is 69.2 Å². The quantitative estimate of drug-likeness (QED) is 0.476. The number of benzene rings is 2. The molecule has 2 aromatic carbocycles. The third kappa shape index (κ3) is 3.95. The number of aryl methyl sites for hydroxylation is 1. The molecule has 25 heavy (non-hydrogen) atoms. The number of nitrogens with zero attached hydrogens (tertiary/aromatic N) is 2. The summed E-state index contributed by atoms with van der Waals surface area (Å²) in [6.07, 6.45) is 0. The highest BCUT2D eigenvalue weighted by Gasteiger charge is 2.11. The molecule has 0 aliphatic carbocycles. The summed E-state index contributed by atoms with van der Waals surface area (Å²) < 4.78 is 10.9. The third-order valence-corrected chi connectivity index (χ3v) is 4.56. The van der Waals surface area contributed by atoms with Crippen molar-refractivity contribution in [2.24, 2.45) is 0 Å². The summed E-state index contributed by atoms with van der Waals surface area (Å²) in [5.74, 6) is 1.37. The van der Waals surface area contributed by atoms with Gasteiger partial charge in [0.25, 0.3) is 5.69 Å². The molecule has 0 aliphatic rings. The first-order chi connectivity index (χ1) is 12.1. The molecule has 0 bridgehead atoms. The second-order valence-corrected chi connectivity index (χ2v) is 6.23. The second-order valence-electron chi connectivity index (χ2n) is 5.37. The summed E-state index contributed by atoms with van der Waals surface area (Å²) >= 11 is 1.53. The fourth-order valence-corrected chi connectivity index (χ4v) is 3.14. The van der Waals surface area contributed by atoms with E-state index in [9.17, 15) is 10.1 Å². The van der Waals surface area contributed by atoms with Crippen LogP contribution in [0.25, 0.3) is 10.6 Å². The highest BCUT2D eigenvalue weighted by molar-refractivity contribution is 7.13. The van der Waals surface area contributed by atoms with Gasteiger partial charge < -0.3 is 9.47 Å². The number of nitro groups is 1. The van der Waals surface area contributed by atoms with Crippen LogP contribution < -0.4 is 9.47 Å². The largest absolute Gasteiger partial charge is 0.497 e. The topological polar surface area (TPSA) is 74.5 Å². The van der Waals surface area contributed by atoms with Crippen LogP contribution in [0.1, 0.15) is 11.3 Å². The highest BCUT2D eigenvalue weighted by atomic mass is 32.1. The zero-order valence-corrected chi connectivity index (χ0v) is 14.6. The van der Waals surface area contributed by atoms with Gasteiger partial charge in [0, 0.05) is 22.6 Å². The number of hydrogen-bond donors (Lipinski definition) is 0. The summed E-state index contributed by atoms with van der Waals surface area (Å²) in [5.41, 5.74) is 2.44. The maximum Gasteiger partial charge on any atom is 0.272 e. The number of aromatic nitrogens is 1. The van der Waals surface area contributed by atoms with Gasteiger partial charge in [-0.1, -0.05) is 12.1 Å². The number of ether oxygens (including phenoxy) is 2. The number of methoxy groups -OCH3 is 1. The van der Waals surface area contributed by atoms with E-state index < -0.39 is 4.92 Å². The van der Waals surface area contributed by atoms with Gasteiger partial charge in [-0.3, -0.25) is 10.1 Å². The van der Waals surface area contributed by atoms with Crippen molar-refractivity contribution in [3.8, 4) is 22.1 Å². The predicted molar refractivity (Wildman–Crippen MR) is 96.3 cm³/mol. The summed E-state index contributed by atoms with van der Waals surface area (Å²) in [5, 5.41) is 13.7. The average molecular weight is 356 g/mol. The maximum atomic E-state index is 10.8. The molecule has 6 nitrogen and oxygen atoms in total. The molecule has 0 spiro atoms. The van der Waals surface area contributed by atoms with Crippen molar-refractivity contribution >= 4 is 17.0 Å². The van der Waals surface area contributed by atoms with E-state index in [-0.39, 0.29) is 5.69 Å². The molecule has 0 N–H and O–H groups in total. The van der Waals surface area contributed by atoms with Gasteiger partial charge in [0.2, 0.25) is 0 Å². The summed E-state index contributed by atoms with van der Waals surface area (Å²) in [6.45, 7) is 1.99. The molecule has 0 fully saturated rings. The second kappa shape index (κ2) is 7.31. The van der Waals surface area contributed by atoms with E-state index in [0.29, 0.717) is 17.9 Å². The number of rotatable bonds is 6. The Labute approximate surface area is 148 Å². The molecule has 1 heterocycles. The summed E-state index contributed by atoms with van der Waals surface area (Å²) in [7, 11) is 1.63. The van der Waals surface area contributed by atoms with E-state index in [4.69, 9.17) is 9.47 Å². The molecule has 0 amide bonds. The van der Waals surface area contributed by atoms with Crippen LogP contribution in [0, 0.1) is 17.0 Å². The zero-order chi connectivity index (χ0) is 17.8. The first kappa shape index (κ1) is 16.9. The Kier molecular flexibility index (Phi) is 4.95. The zero-order valence-electron chi connectivity index (χ0n) is 13.8. The molecule has 0 aliphatic heterocycles. The molecule has 0 saturated heterocycles. The van der Waals surface area contributed by atoms with Crippen molar-refractivity contribution in [1.82, 2.24) is 4.98 Å². The Bertz CT molecular complexity index is 908. The third-order valence-electron chi connectivity index (χ3n) is 3.62. The van der Waals surface area contributed by atoms with Gasteiger partial charge in [-0.25, -0.2) is 4.98 Å². The van der Waals surface area contributed by atoms with E-state index in [1.165, 1.54) is 17.4 Å². The minimum atomic E-state index is -0.403. The van der Waals surface area contributed by atoms with Crippen LogP contribution in [0.4, 0.5) is 5.69 Å². The maximum absolute atomic E-state index is 10.8. The lowest BCUT2D eigenvalue weighted by molar-refractivity contribution is -0.385. The van der Waals surface area contributed by atoms with Gasteiger partial charge >= 0.3 is 0 Å². The van der Waals surface area contributed by atoms with Crippen LogP contribution in [0.5, 0.6) is 11.5 Å². The van der Waals surface area contributed by atoms with Crippen LogP contribution in [-0.2, 0) is 6.61 Å². The fourth-order valence-electron chi connectivity index (χ4n) is 2.34. The van der Waals surface area contributed by atoms with Crippen LogP contribution in [0.2, 0.25) is 0 Å². The van der Waals surface area contributed by atoms with Crippen LogP contribution in [0.15, 0.2) is 47.8 Å². The van der Waals surface area contributed by atoms with E-state index >= 15 is 0 Å². The number of thiazole rings is 1. The minimum Gasteiger partial charge on any atom is -0.497 e. The Balaban J connectivity index is 1.69. The Morgan fingerprint density at radius 3 is 2.76 bits per heavy atom. The van der Waals surface area contributed by atoms with Crippen molar-refractivity contribution in [3.63, 3.8) is 0 Å². The van der Waals surface area contributed by atoms with E-state index in [1.54, 1.807) is 26.2 Å². The normalized spacial score (nSPS) is 10.5. The molecular formula is C18H16N2O4S. The Hall–Kier alpha value is -2.93. The summed E-state index contributed by atoms with van der Waals surface area (Å²) in [6, 6.07) is 12.4. The molecule has 7 heteroatoms. The number of hydrogen-bond acceptors (Lipinski definition) is 6. The van der Waals surface area contributed by atoms with E-state index in [1.807, 2.05) is 29.6 Å². The van der Waals surface area contributed by atoms with Crippen molar-refractivity contribution in [1.29, 1.82) is 0 Å². The van der Waals surface area contributed by atoms with Gasteiger partial charge in [0.1, 0.15) is 23.1 Å². The smallest absolute Gasteiger partial charge is 0.272 e. The van der Waals surface area contributed by atoms with E-state index in [2.05, 4.69) is 4.98 Å². The molecular weight excluding hydrogens is 340 g/mol. The lowest BCUT2D eigenvalue weighted by atomic mass is 10.2. The van der Waals surface area contributed by atoms with Crippen LogP contribution >= 0.6 is 11.3 Å². The van der Waals surface area contributed by atoms with Gasteiger partial charge in [-0.15, -0.1) is 11.3 Å². The van der Waals surface area contributed by atoms with Crippen LogP contribution in [-0.4, -0.2) is 17.0 Å². The Morgan fingerprint density at radius 2 is 2.04 bits per heavy atom. The van der Waals surface area contributed by atoms with E-state index in [0.717, 1.165) is 22.0 Å². The van der Waals surface area contributed by atoms with Crippen molar-refractivity contribution < 1.29 is 14.4 Å². The summed E-state index contributed by atoms with van der Waals surface area (Å²) in [4.78, 5) is 15.0. The molecule has 0 atom stereocenters. The minimum absolute atomic E-state index is 0.0846. The lowest BCUT2D eigenvalue weighted by Gasteiger charge is -2.05. The van der Waals surface area contributed by atoms with Gasteiger partial charge in [0.15, 0.2) is 0 Å². The first-order valence-electron chi connectivity index (χ1n) is 7.53. The molecule has 128 valence electrons. The molecule has 0 radical (unpaired) electrons.